The van der Waals surface area contributed by atoms with Gasteiger partial charge in [-0.2, -0.15) is 0 Å². The average Bonchev–Trinajstić information content (AvgIpc) is 2.90. The molecular weight excluding hydrogens is 432 g/mol. The second-order valence-electron chi connectivity index (χ2n) is 11.3. The monoisotopic (exact) mass is 476 g/mol. The third kappa shape index (κ3) is 6.67. The van der Waals surface area contributed by atoms with Gasteiger partial charge in [0.2, 0.25) is 0 Å². The van der Waals surface area contributed by atoms with E-state index < -0.39 is 5.60 Å². The number of hydrogen-bond donors (Lipinski definition) is 1. The van der Waals surface area contributed by atoms with Crippen LogP contribution in [-0.2, 0) is 0 Å². The van der Waals surface area contributed by atoms with E-state index in [4.69, 9.17) is 4.74 Å². The van der Waals surface area contributed by atoms with Crippen LogP contribution in [0.1, 0.15) is 75.7 Å². The van der Waals surface area contributed by atoms with Crippen molar-refractivity contribution in [2.24, 2.45) is 5.92 Å². The highest BCUT2D eigenvalue weighted by Gasteiger charge is 2.40. The van der Waals surface area contributed by atoms with Crippen LogP contribution >= 0.6 is 0 Å². The van der Waals surface area contributed by atoms with Gasteiger partial charge in [0.15, 0.2) is 0 Å². The van der Waals surface area contributed by atoms with Crippen molar-refractivity contribution < 1.29 is 9.84 Å². The van der Waals surface area contributed by atoms with Crippen molar-refractivity contribution in [3.8, 4) is 11.5 Å². The zero-order valence-corrected chi connectivity index (χ0v) is 21.4. The molecule has 35 heavy (non-hydrogen) atoms. The topological polar surface area (TPSA) is 35.9 Å². The molecule has 0 spiro atoms. The molecule has 4 nitrogen and oxygen atoms in total. The fourth-order valence-electron chi connectivity index (χ4n) is 6.66. The molecule has 4 heteroatoms. The molecule has 2 saturated carbocycles. The van der Waals surface area contributed by atoms with Crippen LogP contribution in [0.3, 0.4) is 0 Å². The molecule has 2 aliphatic carbocycles. The quantitative estimate of drug-likeness (QED) is 0.475. The van der Waals surface area contributed by atoms with Crippen molar-refractivity contribution in [1.82, 2.24) is 9.80 Å². The van der Waals surface area contributed by atoms with Gasteiger partial charge in [-0.3, -0.25) is 0 Å². The Morgan fingerprint density at radius 3 is 2.17 bits per heavy atom. The molecule has 0 aromatic heterocycles. The molecule has 1 aliphatic heterocycles. The van der Waals surface area contributed by atoms with Crippen LogP contribution in [0.5, 0.6) is 11.5 Å². The van der Waals surface area contributed by atoms with Crippen molar-refractivity contribution in [3.63, 3.8) is 0 Å². The summed E-state index contributed by atoms with van der Waals surface area (Å²) in [5.74, 6) is 2.74. The van der Waals surface area contributed by atoms with E-state index in [-0.39, 0.29) is 5.92 Å². The van der Waals surface area contributed by atoms with E-state index >= 15 is 0 Å². The standard InChI is InChI=1S/C31H44N2O2/c34-31(17-8-3-9-18-31)30(27-13-10-16-29(23-27)35-28-14-6-2-7-15-28)25-33-21-19-32(20-22-33)24-26-11-4-1-5-12-26/h2,6-7,10,13-16,23,26,30,34H,1,3-5,8-9,11-12,17-22,24-25H2. The maximum absolute atomic E-state index is 11.9. The molecule has 1 N–H and O–H groups in total. The van der Waals surface area contributed by atoms with E-state index in [2.05, 4.69) is 28.0 Å². The third-order valence-corrected chi connectivity index (χ3v) is 8.75. The highest BCUT2D eigenvalue weighted by Crippen LogP contribution is 2.41. The first-order valence-corrected chi connectivity index (χ1v) is 14.2. The molecule has 1 saturated heterocycles. The molecule has 1 heterocycles. The number of rotatable bonds is 8. The van der Waals surface area contributed by atoms with Gasteiger partial charge in [0.05, 0.1) is 5.60 Å². The molecule has 2 aromatic carbocycles. The van der Waals surface area contributed by atoms with Crippen LogP contribution < -0.4 is 4.74 Å². The van der Waals surface area contributed by atoms with Gasteiger partial charge in [-0.25, -0.2) is 0 Å². The van der Waals surface area contributed by atoms with Crippen molar-refractivity contribution >= 4 is 0 Å². The van der Waals surface area contributed by atoms with Crippen molar-refractivity contribution in [3.05, 3.63) is 60.2 Å². The summed E-state index contributed by atoms with van der Waals surface area (Å²) in [5, 5.41) is 11.9. The van der Waals surface area contributed by atoms with Gasteiger partial charge < -0.3 is 19.6 Å². The third-order valence-electron chi connectivity index (χ3n) is 8.75. The van der Waals surface area contributed by atoms with Crippen LogP contribution in [0.25, 0.3) is 0 Å². The predicted molar refractivity (Wildman–Crippen MR) is 143 cm³/mol. The maximum Gasteiger partial charge on any atom is 0.127 e. The summed E-state index contributed by atoms with van der Waals surface area (Å²) < 4.78 is 6.16. The van der Waals surface area contributed by atoms with Crippen LogP contribution in [0.4, 0.5) is 0 Å². The highest BCUT2D eigenvalue weighted by atomic mass is 16.5. The minimum Gasteiger partial charge on any atom is -0.457 e. The Labute approximate surface area is 212 Å². The van der Waals surface area contributed by atoms with Gasteiger partial charge in [-0.15, -0.1) is 0 Å². The smallest absolute Gasteiger partial charge is 0.127 e. The lowest BCUT2D eigenvalue weighted by Gasteiger charge is -2.44. The zero-order valence-electron chi connectivity index (χ0n) is 21.4. The normalized spacial score (nSPS) is 23.1. The number of ether oxygens (including phenoxy) is 1. The number of para-hydroxylation sites is 1. The largest absolute Gasteiger partial charge is 0.457 e. The molecule has 1 atom stereocenters. The molecule has 0 bridgehead atoms. The second-order valence-corrected chi connectivity index (χ2v) is 11.3. The molecule has 0 radical (unpaired) electrons. The fourth-order valence-corrected chi connectivity index (χ4v) is 6.66. The Balaban J connectivity index is 1.26. The van der Waals surface area contributed by atoms with Gasteiger partial charge in [0.1, 0.15) is 11.5 Å². The van der Waals surface area contributed by atoms with E-state index in [0.29, 0.717) is 0 Å². The SMILES string of the molecule is OC1(C(CN2CCN(CC3CCCCC3)CC2)c2cccc(Oc3ccccc3)c2)CCCCC1. The van der Waals surface area contributed by atoms with E-state index in [9.17, 15) is 5.11 Å². The summed E-state index contributed by atoms with van der Waals surface area (Å²) >= 11 is 0. The van der Waals surface area contributed by atoms with Gasteiger partial charge in [0, 0.05) is 45.2 Å². The minimum absolute atomic E-state index is 0.118. The van der Waals surface area contributed by atoms with Crippen LogP contribution in [-0.4, -0.2) is 59.8 Å². The van der Waals surface area contributed by atoms with Gasteiger partial charge in [-0.1, -0.05) is 68.9 Å². The Hall–Kier alpha value is -1.88. The summed E-state index contributed by atoms with van der Waals surface area (Å²) in [6.45, 7) is 6.78. The van der Waals surface area contributed by atoms with Crippen LogP contribution in [0, 0.1) is 5.92 Å². The molecule has 1 unspecified atom stereocenters. The summed E-state index contributed by atoms with van der Waals surface area (Å²) in [5.41, 5.74) is 0.593. The lowest BCUT2D eigenvalue weighted by Crippen LogP contribution is -2.51. The zero-order chi connectivity index (χ0) is 23.9. The van der Waals surface area contributed by atoms with E-state index in [0.717, 1.165) is 62.7 Å². The molecule has 5 rings (SSSR count). The summed E-state index contributed by atoms with van der Waals surface area (Å²) in [7, 11) is 0. The van der Waals surface area contributed by atoms with E-state index in [1.165, 1.54) is 63.7 Å². The first kappa shape index (κ1) is 24.8. The fraction of sp³-hybridized carbons (Fsp3) is 0.613. The maximum atomic E-state index is 11.9. The molecule has 3 fully saturated rings. The Bertz CT molecular complexity index is 897. The average molecular weight is 477 g/mol. The highest BCUT2D eigenvalue weighted by molar-refractivity contribution is 5.36. The Kier molecular flexibility index (Phi) is 8.43. The molecule has 190 valence electrons. The Morgan fingerprint density at radius 2 is 1.43 bits per heavy atom. The summed E-state index contributed by atoms with van der Waals surface area (Å²) in [6.07, 6.45) is 12.5. The van der Waals surface area contributed by atoms with E-state index in [1.54, 1.807) is 0 Å². The minimum atomic E-state index is -0.622. The molecule has 3 aliphatic rings. The van der Waals surface area contributed by atoms with Crippen LogP contribution in [0.2, 0.25) is 0 Å². The second kappa shape index (κ2) is 11.9. The molecule has 0 amide bonds. The number of piperazine rings is 1. The summed E-state index contributed by atoms with van der Waals surface area (Å²) in [4.78, 5) is 5.31. The summed E-state index contributed by atoms with van der Waals surface area (Å²) in [6, 6.07) is 18.5. The number of aliphatic hydroxyl groups is 1. The first-order valence-electron chi connectivity index (χ1n) is 14.2. The number of benzene rings is 2. The van der Waals surface area contributed by atoms with Crippen molar-refractivity contribution in [2.45, 2.75) is 75.7 Å². The molecule has 2 aromatic rings. The lowest BCUT2D eigenvalue weighted by molar-refractivity contribution is -0.0346. The predicted octanol–water partition coefficient (Wildman–Crippen LogP) is 6.46. The van der Waals surface area contributed by atoms with Crippen molar-refractivity contribution in [2.75, 3.05) is 39.3 Å². The molecular formula is C31H44N2O2. The first-order chi connectivity index (χ1) is 17.2. The van der Waals surface area contributed by atoms with Gasteiger partial charge >= 0.3 is 0 Å². The van der Waals surface area contributed by atoms with E-state index in [1.807, 2.05) is 36.4 Å². The number of hydrogen-bond acceptors (Lipinski definition) is 4. The Morgan fingerprint density at radius 1 is 0.771 bits per heavy atom. The number of nitrogens with zero attached hydrogens (tertiary/aromatic N) is 2. The van der Waals surface area contributed by atoms with Crippen LogP contribution in [0.15, 0.2) is 54.6 Å². The van der Waals surface area contributed by atoms with Gasteiger partial charge in [0.25, 0.3) is 0 Å². The lowest BCUT2D eigenvalue weighted by atomic mass is 9.72. The van der Waals surface area contributed by atoms with Crippen molar-refractivity contribution in [1.29, 1.82) is 0 Å². The van der Waals surface area contributed by atoms with Gasteiger partial charge in [-0.05, 0) is 61.4 Å².